The second-order valence-corrected chi connectivity index (χ2v) is 9.87. The molecule has 0 aromatic heterocycles. The summed E-state index contributed by atoms with van der Waals surface area (Å²) < 4.78 is 10.6. The number of ether oxygens (including phenoxy) is 2. The fourth-order valence-electron chi connectivity index (χ4n) is 7.04. The Morgan fingerprint density at radius 3 is 2.70 bits per heavy atom. The van der Waals surface area contributed by atoms with Gasteiger partial charge in [-0.1, -0.05) is 19.4 Å². The molecule has 5 nitrogen and oxygen atoms in total. The minimum Gasteiger partial charge on any atom is -0.501 e. The molecule has 2 fully saturated rings. The van der Waals surface area contributed by atoms with E-state index >= 15 is 0 Å². The quantitative estimate of drug-likeness (QED) is 0.391. The molecule has 4 aliphatic carbocycles. The van der Waals surface area contributed by atoms with Crippen molar-refractivity contribution in [1.29, 1.82) is 0 Å². The van der Waals surface area contributed by atoms with E-state index in [1.165, 1.54) is 12.5 Å². The molecule has 4 rings (SSSR count). The van der Waals surface area contributed by atoms with Crippen molar-refractivity contribution in [2.24, 2.45) is 28.6 Å². The smallest absolute Gasteiger partial charge is 0.302 e. The van der Waals surface area contributed by atoms with Crippen molar-refractivity contribution in [3.05, 3.63) is 34.6 Å². The van der Waals surface area contributed by atoms with Gasteiger partial charge in [-0.25, -0.2) is 0 Å². The maximum absolute atomic E-state index is 13.6. The van der Waals surface area contributed by atoms with E-state index in [4.69, 9.17) is 9.47 Å². The molecule has 0 aliphatic heterocycles. The van der Waals surface area contributed by atoms with Crippen molar-refractivity contribution < 1.29 is 23.9 Å². The SMILES string of the molecule is COC1=CC2=C(C=O)C[C@@H]3[C@H](C(=O)C[C@]4(C)C(=CCOC(C)=O)CC[C@@H]34)[C@@]2(C)CC1. The van der Waals surface area contributed by atoms with E-state index < -0.39 is 0 Å². The van der Waals surface area contributed by atoms with E-state index in [-0.39, 0.29) is 35.2 Å². The lowest BCUT2D eigenvalue weighted by Crippen LogP contribution is -2.53. The van der Waals surface area contributed by atoms with E-state index in [9.17, 15) is 14.4 Å². The monoisotopic (exact) mass is 412 g/mol. The summed E-state index contributed by atoms with van der Waals surface area (Å²) in [5, 5.41) is 0. The zero-order valence-corrected chi connectivity index (χ0v) is 18.5. The zero-order valence-electron chi connectivity index (χ0n) is 18.5. The minimum atomic E-state index is -0.302. The van der Waals surface area contributed by atoms with E-state index in [0.717, 1.165) is 48.9 Å². The Bertz CT molecular complexity index is 878. The highest BCUT2D eigenvalue weighted by Gasteiger charge is 2.61. The molecule has 0 saturated heterocycles. The van der Waals surface area contributed by atoms with Crippen LogP contribution in [0.15, 0.2) is 34.6 Å². The van der Waals surface area contributed by atoms with Gasteiger partial charge < -0.3 is 9.47 Å². The highest BCUT2D eigenvalue weighted by Crippen LogP contribution is 2.65. The van der Waals surface area contributed by atoms with Gasteiger partial charge in [0.05, 0.1) is 12.9 Å². The summed E-state index contributed by atoms with van der Waals surface area (Å²) in [7, 11) is 1.67. The van der Waals surface area contributed by atoms with E-state index in [1.807, 2.05) is 12.2 Å². The Hall–Kier alpha value is -2.17. The Balaban J connectivity index is 1.72. The van der Waals surface area contributed by atoms with Crippen LogP contribution in [-0.2, 0) is 23.9 Å². The van der Waals surface area contributed by atoms with Gasteiger partial charge in [0, 0.05) is 31.1 Å². The highest BCUT2D eigenvalue weighted by atomic mass is 16.5. The van der Waals surface area contributed by atoms with Gasteiger partial charge in [-0.3, -0.25) is 14.4 Å². The normalized spacial score (nSPS) is 39.1. The van der Waals surface area contributed by atoms with Crippen LogP contribution < -0.4 is 0 Å². The average molecular weight is 413 g/mol. The number of aldehydes is 1. The van der Waals surface area contributed by atoms with Crippen LogP contribution in [0.2, 0.25) is 0 Å². The van der Waals surface area contributed by atoms with Crippen LogP contribution >= 0.6 is 0 Å². The summed E-state index contributed by atoms with van der Waals surface area (Å²) in [5.74, 6) is 1.42. The fraction of sp³-hybridized carbons (Fsp3) is 0.640. The number of hydrogen-bond donors (Lipinski definition) is 0. The molecular formula is C25H32O5. The number of rotatable bonds is 4. The predicted octanol–water partition coefficient (Wildman–Crippen LogP) is 4.33. The molecule has 0 aromatic carbocycles. The maximum Gasteiger partial charge on any atom is 0.302 e. The first-order valence-corrected chi connectivity index (χ1v) is 11.0. The highest BCUT2D eigenvalue weighted by molar-refractivity contribution is 5.88. The third kappa shape index (κ3) is 3.09. The number of hydrogen-bond acceptors (Lipinski definition) is 5. The van der Waals surface area contributed by atoms with Crippen LogP contribution in [0.25, 0.3) is 0 Å². The van der Waals surface area contributed by atoms with Crippen LogP contribution in [-0.4, -0.2) is 31.8 Å². The largest absolute Gasteiger partial charge is 0.501 e. The van der Waals surface area contributed by atoms with Crippen molar-refractivity contribution in [3.8, 4) is 0 Å². The summed E-state index contributed by atoms with van der Waals surface area (Å²) in [5.41, 5.74) is 2.58. The molecule has 0 heterocycles. The maximum atomic E-state index is 13.6. The molecule has 0 spiro atoms. The van der Waals surface area contributed by atoms with Gasteiger partial charge in [-0.05, 0) is 66.2 Å². The third-order valence-corrected chi connectivity index (χ3v) is 8.43. The lowest BCUT2D eigenvalue weighted by molar-refractivity contribution is -0.141. The van der Waals surface area contributed by atoms with Crippen LogP contribution in [0.1, 0.15) is 59.3 Å². The number of carbonyl (C=O) groups excluding carboxylic acids is 3. The molecular weight excluding hydrogens is 380 g/mol. The van der Waals surface area contributed by atoms with E-state index in [1.54, 1.807) is 7.11 Å². The summed E-state index contributed by atoms with van der Waals surface area (Å²) in [6.45, 7) is 6.05. The van der Waals surface area contributed by atoms with Crippen LogP contribution in [0.3, 0.4) is 0 Å². The molecule has 0 amide bonds. The van der Waals surface area contributed by atoms with Crippen molar-refractivity contribution >= 4 is 18.0 Å². The number of methoxy groups -OCH3 is 1. The number of allylic oxidation sites excluding steroid dienone is 5. The Kier molecular flexibility index (Phi) is 5.27. The predicted molar refractivity (Wildman–Crippen MR) is 112 cm³/mol. The number of esters is 1. The average Bonchev–Trinajstić information content (AvgIpc) is 3.02. The lowest BCUT2D eigenvalue weighted by Gasteiger charge is -2.55. The molecule has 2 saturated carbocycles. The minimum absolute atomic E-state index is 0.0447. The number of ketones is 1. The number of Topliss-reactive ketones (excluding diaryl/α,β-unsaturated/α-hetero) is 1. The summed E-state index contributed by atoms with van der Waals surface area (Å²) >= 11 is 0. The van der Waals surface area contributed by atoms with Crippen LogP contribution in [0, 0.1) is 28.6 Å². The van der Waals surface area contributed by atoms with Gasteiger partial charge in [-0.15, -0.1) is 0 Å². The van der Waals surface area contributed by atoms with E-state index in [2.05, 4.69) is 13.8 Å². The van der Waals surface area contributed by atoms with Gasteiger partial charge in [0.1, 0.15) is 18.7 Å². The molecule has 0 radical (unpaired) electrons. The molecule has 0 unspecified atom stereocenters. The van der Waals surface area contributed by atoms with Gasteiger partial charge in [-0.2, -0.15) is 0 Å². The van der Waals surface area contributed by atoms with Crippen LogP contribution in [0.5, 0.6) is 0 Å². The first-order chi connectivity index (χ1) is 14.2. The van der Waals surface area contributed by atoms with Crippen molar-refractivity contribution in [2.45, 2.75) is 59.3 Å². The van der Waals surface area contributed by atoms with Crippen molar-refractivity contribution in [2.75, 3.05) is 13.7 Å². The topological polar surface area (TPSA) is 69.7 Å². The lowest BCUT2D eigenvalue weighted by atomic mass is 9.47. The molecule has 30 heavy (non-hydrogen) atoms. The Morgan fingerprint density at radius 2 is 2.03 bits per heavy atom. The third-order valence-electron chi connectivity index (χ3n) is 8.43. The second kappa shape index (κ2) is 7.51. The van der Waals surface area contributed by atoms with Crippen molar-refractivity contribution in [3.63, 3.8) is 0 Å². The molecule has 0 bridgehead atoms. The molecule has 0 N–H and O–H groups in total. The van der Waals surface area contributed by atoms with E-state index in [0.29, 0.717) is 24.5 Å². The van der Waals surface area contributed by atoms with Crippen LogP contribution in [0.4, 0.5) is 0 Å². The molecule has 5 heteroatoms. The first-order valence-electron chi connectivity index (χ1n) is 11.0. The van der Waals surface area contributed by atoms with Crippen molar-refractivity contribution in [1.82, 2.24) is 0 Å². The summed E-state index contributed by atoms with van der Waals surface area (Å²) in [4.78, 5) is 36.9. The van der Waals surface area contributed by atoms with Gasteiger partial charge >= 0.3 is 5.97 Å². The summed E-state index contributed by atoms with van der Waals surface area (Å²) in [6.07, 6.45) is 9.81. The Morgan fingerprint density at radius 1 is 1.27 bits per heavy atom. The molecule has 5 atom stereocenters. The fourth-order valence-corrected chi connectivity index (χ4v) is 7.04. The molecule has 4 aliphatic rings. The molecule has 0 aromatic rings. The van der Waals surface area contributed by atoms with Gasteiger partial charge in [0.25, 0.3) is 0 Å². The Labute approximate surface area is 178 Å². The van der Waals surface area contributed by atoms with Gasteiger partial charge in [0.15, 0.2) is 0 Å². The number of fused-ring (bicyclic) bond motifs is 5. The van der Waals surface area contributed by atoms with Gasteiger partial charge in [0.2, 0.25) is 0 Å². The first kappa shape index (κ1) is 21.1. The zero-order chi connectivity index (χ0) is 21.7. The summed E-state index contributed by atoms with van der Waals surface area (Å²) in [6, 6.07) is 0. The second-order valence-electron chi connectivity index (χ2n) is 9.87. The molecule has 162 valence electrons. The number of carbonyl (C=O) groups is 3. The standard InChI is InChI=1S/C25H32O5/c1-15(27)30-10-8-17-5-6-20-19-11-16(14-26)21-12-18(29-4)7-9-24(21,2)23(19)22(28)13-25(17,20)3/h8,12,14,19-20,23H,5-7,9-11,13H2,1-4H3/t19-,20-,23+,24-,25+/m0/s1.